The van der Waals surface area contributed by atoms with E-state index in [1.807, 2.05) is 6.92 Å². The third-order valence-electron chi connectivity index (χ3n) is 2.52. The van der Waals surface area contributed by atoms with Crippen molar-refractivity contribution in [1.29, 1.82) is 0 Å². The summed E-state index contributed by atoms with van der Waals surface area (Å²) in [5.41, 5.74) is 3.22. The predicted octanol–water partition coefficient (Wildman–Crippen LogP) is 3.58. The molecule has 0 aromatic heterocycles. The average Bonchev–Trinajstić information content (AvgIpc) is 2.84. The smallest absolute Gasteiger partial charge is 0.0404 e. The van der Waals surface area contributed by atoms with Crippen molar-refractivity contribution >= 4 is 5.71 Å². The van der Waals surface area contributed by atoms with E-state index in [2.05, 4.69) is 32.0 Å². The van der Waals surface area contributed by atoms with Crippen molar-refractivity contribution in [3.05, 3.63) is 24.4 Å². The van der Waals surface area contributed by atoms with Crippen molar-refractivity contribution in [3.63, 3.8) is 0 Å². The summed E-state index contributed by atoms with van der Waals surface area (Å²) in [5, 5.41) is 0. The highest BCUT2D eigenvalue weighted by Crippen LogP contribution is 2.36. The van der Waals surface area contributed by atoms with E-state index >= 15 is 0 Å². The second-order valence-electron chi connectivity index (χ2n) is 4.14. The Bertz CT molecular complexity index is 254. The first kappa shape index (κ1) is 10.2. The van der Waals surface area contributed by atoms with Crippen molar-refractivity contribution in [2.75, 3.05) is 0 Å². The predicted molar refractivity (Wildman–Crippen MR) is 59.0 cm³/mol. The van der Waals surface area contributed by atoms with Gasteiger partial charge in [-0.05, 0) is 31.3 Å². The Balaban J connectivity index is 2.58. The van der Waals surface area contributed by atoms with Crippen LogP contribution in [0.25, 0.3) is 0 Å². The lowest BCUT2D eigenvalue weighted by molar-refractivity contribution is 0.803. The first-order chi connectivity index (χ1) is 6.02. The first-order valence-corrected chi connectivity index (χ1v) is 4.95. The van der Waals surface area contributed by atoms with Gasteiger partial charge in [0.15, 0.2) is 0 Å². The fourth-order valence-corrected chi connectivity index (χ4v) is 1.21. The van der Waals surface area contributed by atoms with Crippen LogP contribution in [0, 0.1) is 11.8 Å². The molecule has 1 aliphatic rings. The molecule has 0 N–H and O–H groups in total. The van der Waals surface area contributed by atoms with Gasteiger partial charge < -0.3 is 0 Å². The highest BCUT2D eigenvalue weighted by Gasteiger charge is 2.24. The fourth-order valence-electron chi connectivity index (χ4n) is 1.21. The van der Waals surface area contributed by atoms with Crippen LogP contribution in [0.3, 0.4) is 0 Å². The highest BCUT2D eigenvalue weighted by molar-refractivity contribution is 5.98. The molecule has 1 saturated carbocycles. The molecule has 0 aromatic carbocycles. The van der Waals surface area contributed by atoms with Crippen LogP contribution in [0.2, 0.25) is 0 Å². The molecule has 0 bridgehead atoms. The maximum absolute atomic E-state index is 4.48. The van der Waals surface area contributed by atoms with Crippen LogP contribution in [0.4, 0.5) is 0 Å². The monoisotopic (exact) mass is 177 g/mol. The average molecular weight is 177 g/mol. The minimum Gasteiger partial charge on any atom is -0.258 e. The van der Waals surface area contributed by atoms with Crippen LogP contribution >= 0.6 is 0 Å². The molecule has 0 saturated heterocycles. The standard InChI is InChI=1S/C12H19N/c1-8(2)9(3)10(4)13-11(5)12-6-7-12/h8,12H,3,5-7H2,1-2,4H3. The zero-order valence-corrected chi connectivity index (χ0v) is 8.93. The lowest BCUT2D eigenvalue weighted by Crippen LogP contribution is -2.03. The third kappa shape index (κ3) is 2.83. The molecule has 72 valence electrons. The van der Waals surface area contributed by atoms with Gasteiger partial charge in [0.2, 0.25) is 0 Å². The molecule has 0 unspecified atom stereocenters. The zero-order valence-electron chi connectivity index (χ0n) is 8.93. The van der Waals surface area contributed by atoms with E-state index in [-0.39, 0.29) is 0 Å². The summed E-state index contributed by atoms with van der Waals surface area (Å²) in [4.78, 5) is 4.48. The van der Waals surface area contributed by atoms with E-state index in [0.29, 0.717) is 11.8 Å². The van der Waals surface area contributed by atoms with E-state index < -0.39 is 0 Å². The summed E-state index contributed by atoms with van der Waals surface area (Å²) in [7, 11) is 0. The number of hydrogen-bond donors (Lipinski definition) is 0. The fraction of sp³-hybridized carbons (Fsp3) is 0.583. The summed E-state index contributed by atoms with van der Waals surface area (Å²) in [6, 6.07) is 0. The first-order valence-electron chi connectivity index (χ1n) is 4.95. The maximum atomic E-state index is 4.48. The van der Waals surface area contributed by atoms with Gasteiger partial charge in [-0.1, -0.05) is 27.0 Å². The molecule has 13 heavy (non-hydrogen) atoms. The maximum Gasteiger partial charge on any atom is 0.0404 e. The van der Waals surface area contributed by atoms with E-state index in [9.17, 15) is 0 Å². The van der Waals surface area contributed by atoms with Crippen LogP contribution in [-0.4, -0.2) is 5.71 Å². The summed E-state index contributed by atoms with van der Waals surface area (Å²) in [6.07, 6.45) is 2.54. The number of allylic oxidation sites excluding steroid dienone is 2. The molecule has 1 aliphatic carbocycles. The summed E-state index contributed by atoms with van der Waals surface area (Å²) in [5.74, 6) is 1.14. The number of hydrogen-bond acceptors (Lipinski definition) is 1. The molecule has 0 spiro atoms. The van der Waals surface area contributed by atoms with Gasteiger partial charge in [-0.3, -0.25) is 4.99 Å². The normalized spacial score (nSPS) is 17.7. The summed E-state index contributed by atoms with van der Waals surface area (Å²) >= 11 is 0. The third-order valence-corrected chi connectivity index (χ3v) is 2.52. The number of aliphatic imine (C=N–C) groups is 1. The van der Waals surface area contributed by atoms with E-state index in [1.54, 1.807) is 0 Å². The second kappa shape index (κ2) is 3.91. The van der Waals surface area contributed by atoms with Gasteiger partial charge in [0.1, 0.15) is 0 Å². The van der Waals surface area contributed by atoms with Gasteiger partial charge in [0.05, 0.1) is 0 Å². The molecule has 1 fully saturated rings. The van der Waals surface area contributed by atoms with Crippen molar-refractivity contribution < 1.29 is 0 Å². The Morgan fingerprint density at radius 3 is 2.23 bits per heavy atom. The minimum absolute atomic E-state index is 0.482. The molecular weight excluding hydrogens is 158 g/mol. The van der Waals surface area contributed by atoms with Crippen LogP contribution in [-0.2, 0) is 0 Å². The number of nitrogens with zero attached hydrogens (tertiary/aromatic N) is 1. The lowest BCUT2D eigenvalue weighted by atomic mass is 10.0. The Hall–Kier alpha value is -0.850. The van der Waals surface area contributed by atoms with Crippen molar-refractivity contribution in [2.45, 2.75) is 33.6 Å². The highest BCUT2D eigenvalue weighted by atomic mass is 14.8. The van der Waals surface area contributed by atoms with Gasteiger partial charge in [-0.2, -0.15) is 0 Å². The van der Waals surface area contributed by atoms with E-state index in [0.717, 1.165) is 17.0 Å². The molecular formula is C12H19N. The van der Waals surface area contributed by atoms with Gasteiger partial charge in [-0.25, -0.2) is 0 Å². The van der Waals surface area contributed by atoms with Crippen LogP contribution in [0.1, 0.15) is 33.6 Å². The molecule has 0 radical (unpaired) electrons. The molecule has 1 rings (SSSR count). The van der Waals surface area contributed by atoms with Crippen LogP contribution in [0.5, 0.6) is 0 Å². The van der Waals surface area contributed by atoms with Gasteiger partial charge >= 0.3 is 0 Å². The van der Waals surface area contributed by atoms with Crippen LogP contribution < -0.4 is 0 Å². The largest absolute Gasteiger partial charge is 0.258 e. The van der Waals surface area contributed by atoms with Crippen molar-refractivity contribution in [3.8, 4) is 0 Å². The van der Waals surface area contributed by atoms with E-state index in [4.69, 9.17) is 0 Å². The second-order valence-corrected chi connectivity index (χ2v) is 4.14. The molecule has 0 atom stereocenters. The zero-order chi connectivity index (χ0) is 10.0. The Morgan fingerprint density at radius 2 is 1.85 bits per heavy atom. The molecule has 0 aliphatic heterocycles. The Morgan fingerprint density at radius 1 is 1.31 bits per heavy atom. The summed E-state index contributed by atoms with van der Waals surface area (Å²) in [6.45, 7) is 14.3. The van der Waals surface area contributed by atoms with Gasteiger partial charge in [-0.15, -0.1) is 0 Å². The summed E-state index contributed by atoms with van der Waals surface area (Å²) < 4.78 is 0. The van der Waals surface area contributed by atoms with Crippen molar-refractivity contribution in [1.82, 2.24) is 0 Å². The molecule has 0 aromatic rings. The lowest BCUT2D eigenvalue weighted by Gasteiger charge is -2.09. The van der Waals surface area contributed by atoms with Gasteiger partial charge in [0.25, 0.3) is 0 Å². The SMILES string of the molecule is C=C(C(C)=NC(=C)C1CC1)C(C)C. The quantitative estimate of drug-likeness (QED) is 0.582. The van der Waals surface area contributed by atoms with Gasteiger partial charge in [0, 0.05) is 17.3 Å². The molecule has 1 heteroatoms. The van der Waals surface area contributed by atoms with E-state index in [1.165, 1.54) is 12.8 Å². The Kier molecular flexibility index (Phi) is 3.07. The molecule has 1 nitrogen and oxygen atoms in total. The molecule has 0 amide bonds. The van der Waals surface area contributed by atoms with Crippen molar-refractivity contribution in [2.24, 2.45) is 16.8 Å². The molecule has 0 heterocycles. The Labute approximate surface area is 81.3 Å². The minimum atomic E-state index is 0.482. The topological polar surface area (TPSA) is 12.4 Å². The number of rotatable bonds is 4. The van der Waals surface area contributed by atoms with Crippen LogP contribution in [0.15, 0.2) is 29.4 Å².